The van der Waals surface area contributed by atoms with Crippen LogP contribution in [0.5, 0.6) is 0 Å². The second-order valence-electron chi connectivity index (χ2n) is 10.1. The molecule has 0 unspecified atom stereocenters. The summed E-state index contributed by atoms with van der Waals surface area (Å²) < 4.78 is 29.6. The minimum Gasteiger partial charge on any atom is -0.368 e. The number of pyridine rings is 1. The van der Waals surface area contributed by atoms with E-state index in [9.17, 15) is 13.2 Å². The molecule has 0 spiro atoms. The summed E-state index contributed by atoms with van der Waals surface area (Å²) in [5.41, 5.74) is 3.57. The van der Waals surface area contributed by atoms with Gasteiger partial charge in [-0.25, -0.2) is 8.42 Å². The van der Waals surface area contributed by atoms with Gasteiger partial charge < -0.3 is 9.80 Å². The molecule has 2 fully saturated rings. The first-order valence-electron chi connectivity index (χ1n) is 13.6. The standard InChI is InChI=1S/C30H35N5O3S/c1-2-32-29-27(23-7-4-3-5-8-23)9-6-10-28(29)39(37,38)33-25-13-11-24(12-14-25)30(36)35-21-19-34(20-22-35)26-15-17-31-18-16-26/h2,6,9-18,23,33H,3-5,7-8,19-22H2,1H3/b32-2-. The van der Waals surface area contributed by atoms with Gasteiger partial charge in [0.25, 0.3) is 15.9 Å². The third-order valence-electron chi connectivity index (χ3n) is 7.60. The van der Waals surface area contributed by atoms with Gasteiger partial charge in [-0.2, -0.15) is 0 Å². The quantitative estimate of drug-likeness (QED) is 0.389. The Morgan fingerprint density at radius 2 is 1.64 bits per heavy atom. The summed E-state index contributed by atoms with van der Waals surface area (Å²) in [6, 6.07) is 16.0. The van der Waals surface area contributed by atoms with E-state index in [1.807, 2.05) is 29.2 Å². The number of rotatable bonds is 7. The maximum absolute atomic E-state index is 13.5. The van der Waals surface area contributed by atoms with Crippen molar-refractivity contribution in [2.24, 2.45) is 4.99 Å². The highest BCUT2D eigenvalue weighted by Gasteiger charge is 2.26. The number of hydrogen-bond acceptors (Lipinski definition) is 6. The normalized spacial score (nSPS) is 16.9. The Hall–Kier alpha value is -3.72. The van der Waals surface area contributed by atoms with Crippen LogP contribution in [0.4, 0.5) is 17.1 Å². The average Bonchev–Trinajstić information content (AvgIpc) is 2.98. The first kappa shape index (κ1) is 26.9. The number of carbonyl (C=O) groups is 1. The van der Waals surface area contributed by atoms with Gasteiger partial charge in [0.2, 0.25) is 0 Å². The minimum atomic E-state index is -3.88. The van der Waals surface area contributed by atoms with Crippen molar-refractivity contribution in [2.45, 2.75) is 49.8 Å². The predicted octanol–water partition coefficient (Wildman–Crippen LogP) is 5.61. The fraction of sp³-hybridized carbons (Fsp3) is 0.367. The summed E-state index contributed by atoms with van der Waals surface area (Å²) in [6.07, 6.45) is 10.8. The van der Waals surface area contributed by atoms with E-state index >= 15 is 0 Å². The molecule has 0 radical (unpaired) electrons. The Labute approximate surface area is 230 Å². The molecule has 8 nitrogen and oxygen atoms in total. The van der Waals surface area contributed by atoms with Crippen molar-refractivity contribution >= 4 is 39.2 Å². The van der Waals surface area contributed by atoms with Crippen molar-refractivity contribution in [1.82, 2.24) is 9.88 Å². The van der Waals surface area contributed by atoms with Crippen molar-refractivity contribution in [3.63, 3.8) is 0 Å². The van der Waals surface area contributed by atoms with E-state index in [0.29, 0.717) is 35.9 Å². The second-order valence-corrected chi connectivity index (χ2v) is 11.7. The van der Waals surface area contributed by atoms with Gasteiger partial charge in [-0.15, -0.1) is 0 Å². The number of nitrogens with zero attached hydrogens (tertiary/aromatic N) is 4. The van der Waals surface area contributed by atoms with Crippen LogP contribution in [0.15, 0.2) is 76.9 Å². The van der Waals surface area contributed by atoms with Crippen molar-refractivity contribution in [1.29, 1.82) is 0 Å². The summed E-state index contributed by atoms with van der Waals surface area (Å²) in [5, 5.41) is 0. The zero-order chi connectivity index (χ0) is 27.2. The molecular weight excluding hydrogens is 510 g/mol. The van der Waals surface area contributed by atoms with Crippen molar-refractivity contribution in [3.8, 4) is 0 Å². The monoisotopic (exact) mass is 545 g/mol. The molecule has 1 aromatic heterocycles. The molecule has 204 valence electrons. The van der Waals surface area contributed by atoms with E-state index in [1.165, 1.54) is 6.42 Å². The van der Waals surface area contributed by atoms with Crippen molar-refractivity contribution in [2.75, 3.05) is 35.8 Å². The molecule has 2 heterocycles. The number of amides is 1. The summed E-state index contributed by atoms with van der Waals surface area (Å²) in [7, 11) is -3.88. The minimum absolute atomic E-state index is 0.0569. The Bertz CT molecular complexity index is 1410. The van der Waals surface area contributed by atoms with Crippen LogP contribution >= 0.6 is 0 Å². The number of anilines is 2. The van der Waals surface area contributed by atoms with Crippen LogP contribution in [0.25, 0.3) is 0 Å². The maximum atomic E-state index is 13.5. The summed E-state index contributed by atoms with van der Waals surface area (Å²) in [6.45, 7) is 4.53. The Morgan fingerprint density at radius 3 is 2.31 bits per heavy atom. The average molecular weight is 546 g/mol. The fourth-order valence-corrected chi connectivity index (χ4v) is 6.80. The Balaban J connectivity index is 1.27. The van der Waals surface area contributed by atoms with Crippen LogP contribution in [0.2, 0.25) is 0 Å². The third-order valence-corrected chi connectivity index (χ3v) is 9.01. The molecule has 2 aliphatic rings. The molecular formula is C30H35N5O3S. The van der Waals surface area contributed by atoms with Gasteiger partial charge in [-0.05, 0) is 73.7 Å². The zero-order valence-corrected chi connectivity index (χ0v) is 23.1. The molecule has 2 aromatic carbocycles. The second kappa shape index (κ2) is 12.0. The van der Waals surface area contributed by atoms with Gasteiger partial charge in [0.15, 0.2) is 0 Å². The molecule has 1 amide bonds. The topological polar surface area (TPSA) is 95.0 Å². The molecule has 1 saturated carbocycles. The van der Waals surface area contributed by atoms with Crippen LogP contribution in [0, 0.1) is 0 Å². The number of hydrogen-bond donors (Lipinski definition) is 1. The van der Waals surface area contributed by atoms with Gasteiger partial charge >= 0.3 is 0 Å². The predicted molar refractivity (Wildman–Crippen MR) is 156 cm³/mol. The van der Waals surface area contributed by atoms with Gasteiger partial charge in [0, 0.05) is 61.7 Å². The molecule has 0 bridgehead atoms. The molecule has 39 heavy (non-hydrogen) atoms. The first-order chi connectivity index (χ1) is 19.0. The number of para-hydroxylation sites is 1. The molecule has 9 heteroatoms. The highest BCUT2D eigenvalue weighted by Crippen LogP contribution is 2.40. The molecule has 1 N–H and O–H groups in total. The molecule has 1 aliphatic carbocycles. The fourth-order valence-electron chi connectivity index (χ4n) is 5.56. The lowest BCUT2D eigenvalue weighted by Gasteiger charge is -2.36. The van der Waals surface area contributed by atoms with E-state index in [4.69, 9.17) is 0 Å². The summed E-state index contributed by atoms with van der Waals surface area (Å²) in [4.78, 5) is 25.9. The largest absolute Gasteiger partial charge is 0.368 e. The smallest absolute Gasteiger partial charge is 0.264 e. The lowest BCUT2D eigenvalue weighted by Crippen LogP contribution is -2.48. The van der Waals surface area contributed by atoms with E-state index in [-0.39, 0.29) is 10.8 Å². The number of benzene rings is 2. The number of carbonyl (C=O) groups excluding carboxylic acids is 1. The van der Waals surface area contributed by atoms with Gasteiger partial charge in [0.1, 0.15) is 4.90 Å². The Morgan fingerprint density at radius 1 is 0.949 bits per heavy atom. The van der Waals surface area contributed by atoms with Crippen LogP contribution < -0.4 is 9.62 Å². The van der Waals surface area contributed by atoms with Crippen molar-refractivity contribution < 1.29 is 13.2 Å². The number of piperazine rings is 1. The number of aliphatic imine (C=N–C) groups is 1. The van der Waals surface area contributed by atoms with Crippen LogP contribution in [0.3, 0.4) is 0 Å². The van der Waals surface area contributed by atoms with E-state index < -0.39 is 10.0 Å². The van der Waals surface area contributed by atoms with Crippen LogP contribution in [-0.2, 0) is 10.0 Å². The summed E-state index contributed by atoms with van der Waals surface area (Å²) >= 11 is 0. The highest BCUT2D eigenvalue weighted by molar-refractivity contribution is 7.92. The van der Waals surface area contributed by atoms with Gasteiger partial charge in [0.05, 0.1) is 5.69 Å². The SMILES string of the molecule is C/C=N\c1c(C2CCCCC2)cccc1S(=O)(=O)Nc1ccc(C(=O)N2CCN(c3ccncc3)CC2)cc1. The van der Waals surface area contributed by atoms with Crippen LogP contribution in [-0.4, -0.2) is 56.6 Å². The zero-order valence-electron chi connectivity index (χ0n) is 22.3. The molecule has 3 aromatic rings. The molecule has 1 saturated heterocycles. The summed E-state index contributed by atoms with van der Waals surface area (Å²) in [5.74, 6) is 0.267. The van der Waals surface area contributed by atoms with Gasteiger partial charge in [-0.3, -0.25) is 19.5 Å². The lowest BCUT2D eigenvalue weighted by atomic mass is 9.83. The third kappa shape index (κ3) is 6.14. The molecule has 0 atom stereocenters. The van der Waals surface area contributed by atoms with E-state index in [2.05, 4.69) is 19.6 Å². The number of aromatic nitrogens is 1. The molecule has 1 aliphatic heterocycles. The lowest BCUT2D eigenvalue weighted by molar-refractivity contribution is 0.0747. The van der Waals surface area contributed by atoms with Gasteiger partial charge in [-0.1, -0.05) is 31.4 Å². The van der Waals surface area contributed by atoms with E-state index in [1.54, 1.807) is 55.9 Å². The van der Waals surface area contributed by atoms with E-state index in [0.717, 1.165) is 50.0 Å². The maximum Gasteiger partial charge on any atom is 0.264 e. The number of sulfonamides is 1. The number of nitrogens with one attached hydrogen (secondary N) is 1. The molecule has 5 rings (SSSR count). The van der Waals surface area contributed by atoms with Crippen molar-refractivity contribution in [3.05, 3.63) is 78.1 Å². The first-order valence-corrected chi connectivity index (χ1v) is 15.1. The Kier molecular flexibility index (Phi) is 8.26. The highest BCUT2D eigenvalue weighted by atomic mass is 32.2. The van der Waals surface area contributed by atoms with Crippen LogP contribution in [0.1, 0.15) is 60.9 Å².